The van der Waals surface area contributed by atoms with E-state index in [1.165, 1.54) is 0 Å². The summed E-state index contributed by atoms with van der Waals surface area (Å²) in [6.07, 6.45) is 3.77. The molecule has 1 amide bonds. The van der Waals surface area contributed by atoms with Crippen LogP contribution in [-0.4, -0.2) is 30.1 Å². The Morgan fingerprint density at radius 1 is 1.25 bits per heavy atom. The van der Waals surface area contributed by atoms with E-state index in [2.05, 4.69) is 10.3 Å². The van der Waals surface area contributed by atoms with Crippen molar-refractivity contribution in [3.63, 3.8) is 0 Å². The molecule has 1 atom stereocenters. The lowest BCUT2D eigenvalue weighted by Gasteiger charge is -2.12. The second-order valence-electron chi connectivity index (χ2n) is 5.89. The van der Waals surface area contributed by atoms with E-state index < -0.39 is 0 Å². The quantitative estimate of drug-likeness (QED) is 0.799. The Morgan fingerprint density at radius 2 is 2.17 bits per heavy atom. The first-order valence-electron chi connectivity index (χ1n) is 8.15. The molecule has 0 bridgehead atoms. The molecule has 2 aromatic heterocycles. The Balaban J connectivity index is 1.68. The fourth-order valence-corrected chi connectivity index (χ4v) is 3.02. The van der Waals surface area contributed by atoms with Gasteiger partial charge in [0.25, 0.3) is 5.91 Å². The molecule has 1 fully saturated rings. The summed E-state index contributed by atoms with van der Waals surface area (Å²) >= 11 is 0. The lowest BCUT2D eigenvalue weighted by atomic mass is 10.1. The van der Waals surface area contributed by atoms with Crippen LogP contribution in [0.15, 0.2) is 53.1 Å². The van der Waals surface area contributed by atoms with E-state index in [0.717, 1.165) is 30.4 Å². The zero-order valence-corrected chi connectivity index (χ0v) is 13.2. The summed E-state index contributed by atoms with van der Waals surface area (Å²) in [6, 6.07) is 13.1. The zero-order chi connectivity index (χ0) is 16.4. The van der Waals surface area contributed by atoms with Gasteiger partial charge in [-0.1, -0.05) is 18.2 Å². The van der Waals surface area contributed by atoms with Gasteiger partial charge in [0.05, 0.1) is 23.4 Å². The van der Waals surface area contributed by atoms with Gasteiger partial charge in [0.15, 0.2) is 5.76 Å². The number of hydrogen-bond donors (Lipinski definition) is 1. The smallest absolute Gasteiger partial charge is 0.252 e. The van der Waals surface area contributed by atoms with Crippen molar-refractivity contribution in [3.8, 4) is 11.5 Å². The number of carbonyl (C=O) groups excluding carboxylic acids is 1. The Kier molecular flexibility index (Phi) is 4.01. The maximum atomic E-state index is 12.7. The number of benzene rings is 1. The van der Waals surface area contributed by atoms with E-state index in [0.29, 0.717) is 23.6 Å². The van der Waals surface area contributed by atoms with Gasteiger partial charge in [-0.2, -0.15) is 0 Å². The summed E-state index contributed by atoms with van der Waals surface area (Å²) in [5.41, 5.74) is 2.03. The molecular formula is C19H18N2O3. The van der Waals surface area contributed by atoms with Crippen LogP contribution in [-0.2, 0) is 4.74 Å². The average Bonchev–Trinajstić information content (AvgIpc) is 3.32. The molecule has 1 aliphatic heterocycles. The first-order chi connectivity index (χ1) is 11.8. The average molecular weight is 322 g/mol. The van der Waals surface area contributed by atoms with Crippen molar-refractivity contribution in [3.05, 3.63) is 54.3 Å². The number of para-hydroxylation sites is 1. The highest BCUT2D eigenvalue weighted by atomic mass is 16.5. The van der Waals surface area contributed by atoms with Crippen molar-refractivity contribution in [1.29, 1.82) is 0 Å². The van der Waals surface area contributed by atoms with Crippen molar-refractivity contribution in [2.75, 3.05) is 13.2 Å². The highest BCUT2D eigenvalue weighted by Gasteiger charge is 2.19. The number of amides is 1. The minimum Gasteiger partial charge on any atom is -0.463 e. The number of furan rings is 1. The predicted octanol–water partition coefficient (Wildman–Crippen LogP) is 3.40. The number of nitrogens with one attached hydrogen (secondary N) is 1. The van der Waals surface area contributed by atoms with Crippen LogP contribution in [0.5, 0.6) is 0 Å². The van der Waals surface area contributed by atoms with Crippen molar-refractivity contribution in [2.24, 2.45) is 0 Å². The highest BCUT2D eigenvalue weighted by molar-refractivity contribution is 6.07. The molecule has 1 N–H and O–H groups in total. The van der Waals surface area contributed by atoms with E-state index in [9.17, 15) is 4.79 Å². The number of ether oxygens (including phenoxy) is 1. The van der Waals surface area contributed by atoms with E-state index >= 15 is 0 Å². The van der Waals surface area contributed by atoms with Crippen LogP contribution < -0.4 is 5.32 Å². The van der Waals surface area contributed by atoms with Crippen LogP contribution in [0.1, 0.15) is 23.2 Å². The zero-order valence-electron chi connectivity index (χ0n) is 13.2. The third-order valence-electron chi connectivity index (χ3n) is 4.25. The fourth-order valence-electron chi connectivity index (χ4n) is 3.02. The third kappa shape index (κ3) is 2.90. The lowest BCUT2D eigenvalue weighted by Crippen LogP contribution is -2.31. The number of pyridine rings is 1. The standard InChI is InChI=1S/C19H18N2O3/c22-19(20-12-13-5-3-9-23-13)15-11-17(18-8-4-10-24-18)21-16-7-2-1-6-14(15)16/h1-2,4,6-8,10-11,13H,3,5,9,12H2,(H,20,22)/t13-/m0/s1. The van der Waals surface area contributed by atoms with Crippen molar-refractivity contribution in [2.45, 2.75) is 18.9 Å². The van der Waals surface area contributed by atoms with Crippen LogP contribution in [0.4, 0.5) is 0 Å². The largest absolute Gasteiger partial charge is 0.463 e. The molecule has 5 heteroatoms. The second-order valence-corrected chi connectivity index (χ2v) is 5.89. The number of rotatable bonds is 4. The van der Waals surface area contributed by atoms with Gasteiger partial charge in [0.2, 0.25) is 0 Å². The van der Waals surface area contributed by atoms with E-state index in [1.807, 2.05) is 36.4 Å². The second kappa shape index (κ2) is 6.45. The molecule has 4 rings (SSSR count). The predicted molar refractivity (Wildman–Crippen MR) is 90.8 cm³/mol. The van der Waals surface area contributed by atoms with Crippen molar-refractivity contribution >= 4 is 16.8 Å². The lowest BCUT2D eigenvalue weighted by molar-refractivity contribution is 0.0859. The molecule has 3 heterocycles. The molecule has 122 valence electrons. The molecule has 1 aromatic carbocycles. The van der Waals surface area contributed by atoms with Crippen LogP contribution in [0, 0.1) is 0 Å². The Labute approximate surface area is 139 Å². The highest BCUT2D eigenvalue weighted by Crippen LogP contribution is 2.25. The van der Waals surface area contributed by atoms with Gasteiger partial charge in [-0.3, -0.25) is 4.79 Å². The first-order valence-corrected chi connectivity index (χ1v) is 8.15. The molecule has 24 heavy (non-hydrogen) atoms. The van der Waals surface area contributed by atoms with Crippen LogP contribution in [0.25, 0.3) is 22.4 Å². The minimum absolute atomic E-state index is 0.114. The van der Waals surface area contributed by atoms with Crippen molar-refractivity contribution in [1.82, 2.24) is 10.3 Å². The number of fused-ring (bicyclic) bond motifs is 1. The molecule has 0 saturated carbocycles. The topological polar surface area (TPSA) is 64.4 Å². The Morgan fingerprint density at radius 3 is 2.96 bits per heavy atom. The number of carbonyl (C=O) groups is 1. The number of nitrogens with zero attached hydrogens (tertiary/aromatic N) is 1. The van der Waals surface area contributed by atoms with Gasteiger partial charge in [0.1, 0.15) is 5.69 Å². The molecular weight excluding hydrogens is 304 g/mol. The molecule has 0 aliphatic carbocycles. The summed E-state index contributed by atoms with van der Waals surface area (Å²) in [5.74, 6) is 0.533. The molecule has 1 saturated heterocycles. The number of aromatic nitrogens is 1. The Bertz CT molecular complexity index is 852. The monoisotopic (exact) mass is 322 g/mol. The van der Waals surface area contributed by atoms with Gasteiger partial charge >= 0.3 is 0 Å². The van der Waals surface area contributed by atoms with Crippen LogP contribution in [0.2, 0.25) is 0 Å². The molecule has 3 aromatic rings. The van der Waals surface area contributed by atoms with Gasteiger partial charge in [-0.25, -0.2) is 4.98 Å². The fraction of sp³-hybridized carbons (Fsp3) is 0.263. The molecule has 5 nitrogen and oxygen atoms in total. The van der Waals surface area contributed by atoms with Gasteiger partial charge in [-0.15, -0.1) is 0 Å². The van der Waals surface area contributed by atoms with Gasteiger partial charge in [-0.05, 0) is 37.1 Å². The van der Waals surface area contributed by atoms with Gasteiger partial charge < -0.3 is 14.5 Å². The van der Waals surface area contributed by atoms with Gasteiger partial charge in [0, 0.05) is 18.5 Å². The van der Waals surface area contributed by atoms with Crippen LogP contribution in [0.3, 0.4) is 0 Å². The summed E-state index contributed by atoms with van der Waals surface area (Å²) in [7, 11) is 0. The normalized spacial score (nSPS) is 17.2. The summed E-state index contributed by atoms with van der Waals surface area (Å²) < 4.78 is 11.0. The van der Waals surface area contributed by atoms with E-state index in [-0.39, 0.29) is 12.0 Å². The van der Waals surface area contributed by atoms with Crippen LogP contribution >= 0.6 is 0 Å². The summed E-state index contributed by atoms with van der Waals surface area (Å²) in [5, 5.41) is 3.81. The maximum Gasteiger partial charge on any atom is 0.252 e. The number of hydrogen-bond acceptors (Lipinski definition) is 4. The maximum absolute atomic E-state index is 12.7. The summed E-state index contributed by atoms with van der Waals surface area (Å²) in [4.78, 5) is 17.3. The SMILES string of the molecule is O=C(NC[C@@H]1CCCO1)c1cc(-c2ccco2)nc2ccccc12. The van der Waals surface area contributed by atoms with E-state index in [1.54, 1.807) is 12.3 Å². The van der Waals surface area contributed by atoms with E-state index in [4.69, 9.17) is 9.15 Å². The molecule has 0 radical (unpaired) electrons. The van der Waals surface area contributed by atoms with Crippen molar-refractivity contribution < 1.29 is 13.9 Å². The third-order valence-corrected chi connectivity index (χ3v) is 4.25. The summed E-state index contributed by atoms with van der Waals surface area (Å²) in [6.45, 7) is 1.31. The first kappa shape index (κ1) is 14.9. The Hall–Kier alpha value is -2.66. The molecule has 1 aliphatic rings. The molecule has 0 spiro atoms. The minimum atomic E-state index is -0.114. The molecule has 0 unspecified atom stereocenters.